The molecule has 122 valence electrons. The minimum atomic E-state index is -3.52. The number of carbonyl (C=O) groups excluding carboxylic acids is 1. The highest BCUT2D eigenvalue weighted by molar-refractivity contribution is 7.88. The zero-order valence-electron chi connectivity index (χ0n) is 12.1. The topological polar surface area (TPSA) is 63.7 Å². The molecule has 1 aliphatic heterocycles. The first-order valence-electron chi connectivity index (χ1n) is 6.83. The number of piperidine rings is 1. The number of benzene rings is 1. The van der Waals surface area contributed by atoms with E-state index < -0.39 is 15.9 Å². The lowest BCUT2D eigenvalue weighted by Gasteiger charge is -2.30. The zero-order chi connectivity index (χ0) is 16.3. The van der Waals surface area contributed by atoms with E-state index in [0.29, 0.717) is 35.0 Å². The van der Waals surface area contributed by atoms with Gasteiger partial charge in [0, 0.05) is 13.1 Å². The highest BCUT2D eigenvalue weighted by Crippen LogP contribution is 2.26. The summed E-state index contributed by atoms with van der Waals surface area (Å²) >= 11 is 11.7. The minimum absolute atomic E-state index is 0.163. The van der Waals surface area contributed by atoms with E-state index in [2.05, 4.69) is 0 Å². The molecule has 1 fully saturated rings. The summed E-state index contributed by atoms with van der Waals surface area (Å²) in [6.07, 6.45) is 1.28. The summed E-state index contributed by atoms with van der Waals surface area (Å²) in [5, 5.41) is 0.701. The smallest absolute Gasteiger partial charge is 0.309 e. The van der Waals surface area contributed by atoms with Crippen LogP contribution < -0.4 is 0 Å². The van der Waals surface area contributed by atoms with Crippen LogP contribution in [0.3, 0.4) is 0 Å². The Morgan fingerprint density at radius 3 is 2.73 bits per heavy atom. The van der Waals surface area contributed by atoms with Crippen LogP contribution in [0, 0.1) is 5.92 Å². The van der Waals surface area contributed by atoms with Crippen molar-refractivity contribution in [3.63, 3.8) is 0 Å². The molecule has 0 N–H and O–H groups in total. The first kappa shape index (κ1) is 17.5. The van der Waals surface area contributed by atoms with Crippen molar-refractivity contribution in [1.82, 2.24) is 4.31 Å². The van der Waals surface area contributed by atoms with Crippen LogP contribution >= 0.6 is 23.2 Å². The standard InChI is InChI=1S/C14H17Cl2NO4S/c1-21-14(18)11-3-2-6-17(8-11)22(19,20)9-10-4-5-12(15)13(16)7-10/h4-5,7,11H,2-3,6,8-9H2,1H3. The lowest BCUT2D eigenvalue weighted by atomic mass is 10.0. The molecule has 1 saturated heterocycles. The van der Waals surface area contributed by atoms with Crippen LogP contribution in [0.1, 0.15) is 18.4 Å². The Kier molecular flexibility index (Phi) is 5.71. The second kappa shape index (κ2) is 7.17. The summed E-state index contributed by atoms with van der Waals surface area (Å²) in [7, 11) is -2.21. The molecule has 1 aliphatic rings. The van der Waals surface area contributed by atoms with Crippen LogP contribution in [0.15, 0.2) is 18.2 Å². The summed E-state index contributed by atoms with van der Waals surface area (Å²) in [6, 6.07) is 4.75. The molecule has 8 heteroatoms. The Bertz CT molecular complexity index is 663. The van der Waals surface area contributed by atoms with Gasteiger partial charge in [0.2, 0.25) is 10.0 Å². The van der Waals surface area contributed by atoms with Crippen LogP contribution in [0.25, 0.3) is 0 Å². The first-order valence-corrected chi connectivity index (χ1v) is 9.19. The number of nitrogens with zero attached hydrogens (tertiary/aromatic N) is 1. The van der Waals surface area contributed by atoms with E-state index in [1.165, 1.54) is 11.4 Å². The largest absolute Gasteiger partial charge is 0.469 e. The van der Waals surface area contributed by atoms with Crippen molar-refractivity contribution < 1.29 is 17.9 Å². The number of hydrogen-bond donors (Lipinski definition) is 0. The predicted molar refractivity (Wildman–Crippen MR) is 85.4 cm³/mol. The van der Waals surface area contributed by atoms with Crippen molar-refractivity contribution in [2.24, 2.45) is 5.92 Å². The molecule has 1 heterocycles. The summed E-state index contributed by atoms with van der Waals surface area (Å²) in [6.45, 7) is 0.577. The second-order valence-corrected chi connectivity index (χ2v) is 8.01. The van der Waals surface area contributed by atoms with Crippen LogP contribution in [0.5, 0.6) is 0 Å². The van der Waals surface area contributed by atoms with Crippen molar-refractivity contribution in [1.29, 1.82) is 0 Å². The normalized spacial score (nSPS) is 19.9. The molecule has 1 atom stereocenters. The van der Waals surface area contributed by atoms with E-state index in [4.69, 9.17) is 27.9 Å². The van der Waals surface area contributed by atoms with Gasteiger partial charge in [-0.25, -0.2) is 12.7 Å². The van der Waals surface area contributed by atoms with Gasteiger partial charge in [0.15, 0.2) is 0 Å². The summed E-state index contributed by atoms with van der Waals surface area (Å²) in [5.41, 5.74) is 0.564. The van der Waals surface area contributed by atoms with Gasteiger partial charge in [0.1, 0.15) is 0 Å². The average molecular weight is 366 g/mol. The Hall–Kier alpha value is -0.820. The van der Waals surface area contributed by atoms with Gasteiger partial charge in [-0.2, -0.15) is 0 Å². The molecule has 22 heavy (non-hydrogen) atoms. The van der Waals surface area contributed by atoms with Gasteiger partial charge in [-0.1, -0.05) is 29.3 Å². The highest BCUT2D eigenvalue weighted by atomic mass is 35.5. The maximum atomic E-state index is 12.5. The highest BCUT2D eigenvalue weighted by Gasteiger charge is 2.32. The molecule has 1 aromatic carbocycles. The fraction of sp³-hybridized carbons (Fsp3) is 0.500. The second-order valence-electron chi connectivity index (χ2n) is 5.23. The Morgan fingerprint density at radius 2 is 2.09 bits per heavy atom. The van der Waals surface area contributed by atoms with E-state index in [1.54, 1.807) is 18.2 Å². The third-order valence-electron chi connectivity index (χ3n) is 3.65. The van der Waals surface area contributed by atoms with Crippen LogP contribution in [0.2, 0.25) is 10.0 Å². The number of esters is 1. The van der Waals surface area contributed by atoms with Crippen LogP contribution in [-0.2, 0) is 25.3 Å². The van der Waals surface area contributed by atoms with Crippen molar-refractivity contribution in [3.8, 4) is 0 Å². The van der Waals surface area contributed by atoms with E-state index in [-0.39, 0.29) is 18.3 Å². The number of ether oxygens (including phenoxy) is 1. The first-order chi connectivity index (χ1) is 10.3. The molecular formula is C14H17Cl2NO4S. The Morgan fingerprint density at radius 1 is 1.36 bits per heavy atom. The fourth-order valence-corrected chi connectivity index (χ4v) is 4.40. The van der Waals surface area contributed by atoms with Crippen molar-refractivity contribution in [3.05, 3.63) is 33.8 Å². The van der Waals surface area contributed by atoms with Gasteiger partial charge in [-0.15, -0.1) is 0 Å². The van der Waals surface area contributed by atoms with Crippen molar-refractivity contribution >= 4 is 39.2 Å². The van der Waals surface area contributed by atoms with Crippen molar-refractivity contribution in [2.45, 2.75) is 18.6 Å². The lowest BCUT2D eigenvalue weighted by Crippen LogP contribution is -2.43. The number of methoxy groups -OCH3 is 1. The SMILES string of the molecule is COC(=O)C1CCCN(S(=O)(=O)Cc2ccc(Cl)c(Cl)c2)C1. The Labute approximate surface area is 140 Å². The molecule has 5 nitrogen and oxygen atoms in total. The maximum absolute atomic E-state index is 12.5. The summed E-state index contributed by atoms with van der Waals surface area (Å²) < 4.78 is 31.1. The predicted octanol–water partition coefficient (Wildman–Crippen LogP) is 2.71. The van der Waals surface area contributed by atoms with Gasteiger partial charge in [0.25, 0.3) is 0 Å². The molecular weight excluding hydrogens is 349 g/mol. The zero-order valence-corrected chi connectivity index (χ0v) is 14.4. The van der Waals surface area contributed by atoms with Gasteiger partial charge in [-0.05, 0) is 30.5 Å². The quantitative estimate of drug-likeness (QED) is 0.769. The van der Waals surface area contributed by atoms with Crippen LogP contribution in [-0.4, -0.2) is 38.9 Å². The monoisotopic (exact) mass is 365 g/mol. The van der Waals surface area contributed by atoms with Gasteiger partial charge < -0.3 is 4.74 Å². The minimum Gasteiger partial charge on any atom is -0.469 e. The van der Waals surface area contributed by atoms with Crippen LogP contribution in [0.4, 0.5) is 0 Å². The molecule has 0 amide bonds. The fourth-order valence-electron chi connectivity index (χ4n) is 2.49. The van der Waals surface area contributed by atoms with Gasteiger partial charge >= 0.3 is 5.97 Å². The number of halogens is 2. The molecule has 0 aliphatic carbocycles. The summed E-state index contributed by atoms with van der Waals surface area (Å²) in [4.78, 5) is 11.6. The number of rotatable bonds is 4. The maximum Gasteiger partial charge on any atom is 0.309 e. The third-order valence-corrected chi connectivity index (χ3v) is 6.20. The van der Waals surface area contributed by atoms with Crippen molar-refractivity contribution in [2.75, 3.05) is 20.2 Å². The summed E-state index contributed by atoms with van der Waals surface area (Å²) in [5.74, 6) is -0.936. The molecule has 1 aromatic rings. The molecule has 1 unspecified atom stereocenters. The average Bonchev–Trinajstić information content (AvgIpc) is 2.50. The van der Waals surface area contributed by atoms with E-state index in [0.717, 1.165) is 0 Å². The van der Waals surface area contributed by atoms with Gasteiger partial charge in [-0.3, -0.25) is 4.79 Å². The molecule has 0 bridgehead atoms. The number of sulfonamides is 1. The molecule has 0 saturated carbocycles. The third kappa shape index (κ3) is 4.13. The molecule has 0 spiro atoms. The number of carbonyl (C=O) groups is 1. The molecule has 0 aromatic heterocycles. The van der Waals surface area contributed by atoms with E-state index in [9.17, 15) is 13.2 Å². The van der Waals surface area contributed by atoms with E-state index in [1.807, 2.05) is 0 Å². The number of hydrogen-bond acceptors (Lipinski definition) is 4. The van der Waals surface area contributed by atoms with Gasteiger partial charge in [0.05, 0.1) is 28.8 Å². The molecule has 0 radical (unpaired) electrons. The molecule has 2 rings (SSSR count). The lowest BCUT2D eigenvalue weighted by molar-refractivity contribution is -0.146. The van der Waals surface area contributed by atoms with E-state index >= 15 is 0 Å². The Balaban J connectivity index is 2.12.